The Balaban J connectivity index is 2.21. The quantitative estimate of drug-likeness (QED) is 0.818. The molecule has 0 spiro atoms. The van der Waals surface area contributed by atoms with Gasteiger partial charge in [0.2, 0.25) is 0 Å². The van der Waals surface area contributed by atoms with E-state index >= 15 is 0 Å². The molecule has 1 aromatic carbocycles. The number of nitrogens with one attached hydrogen (secondary N) is 1. The summed E-state index contributed by atoms with van der Waals surface area (Å²) in [6, 6.07) is 14.4. The standard InChI is InChI=1S/C16H14N2/c1-12-9-10-15(18-12)16(14-8-5-11-17-14)13-6-3-2-4-7-13/h2-11,17H,1H3. The monoisotopic (exact) mass is 234 g/mol. The van der Waals surface area contributed by atoms with Crippen LogP contribution in [0, 0.1) is 0 Å². The van der Waals surface area contributed by atoms with Crippen molar-refractivity contribution in [2.45, 2.75) is 6.92 Å². The minimum absolute atomic E-state index is 1.01. The highest BCUT2D eigenvalue weighted by atomic mass is 14.8. The van der Waals surface area contributed by atoms with Crippen molar-refractivity contribution >= 4 is 11.3 Å². The minimum Gasteiger partial charge on any atom is -0.361 e. The fraction of sp³-hybridized carbons (Fsp3) is 0.0625. The van der Waals surface area contributed by atoms with Crippen molar-refractivity contribution < 1.29 is 0 Å². The molecule has 2 aromatic rings. The highest BCUT2D eigenvalue weighted by Gasteiger charge is 2.12. The van der Waals surface area contributed by atoms with E-state index in [0.29, 0.717) is 0 Å². The number of hydrogen-bond donors (Lipinski definition) is 1. The molecule has 0 aliphatic carbocycles. The van der Waals surface area contributed by atoms with Crippen molar-refractivity contribution in [1.82, 2.24) is 4.98 Å². The van der Waals surface area contributed by atoms with E-state index in [-0.39, 0.29) is 0 Å². The van der Waals surface area contributed by atoms with Crippen LogP contribution in [0.2, 0.25) is 0 Å². The summed E-state index contributed by atoms with van der Waals surface area (Å²) >= 11 is 0. The van der Waals surface area contributed by atoms with Crippen LogP contribution in [0.3, 0.4) is 0 Å². The Hall–Kier alpha value is -2.35. The molecular weight excluding hydrogens is 220 g/mol. The zero-order chi connectivity index (χ0) is 12.4. The Kier molecular flexibility index (Phi) is 2.69. The number of hydrogen-bond acceptors (Lipinski definition) is 1. The first-order valence-corrected chi connectivity index (χ1v) is 6.01. The molecule has 0 saturated carbocycles. The van der Waals surface area contributed by atoms with Gasteiger partial charge in [-0.25, -0.2) is 0 Å². The molecule has 2 heterocycles. The summed E-state index contributed by atoms with van der Waals surface area (Å²) in [5, 5.41) is 0. The molecule has 0 unspecified atom stereocenters. The number of H-pyrrole nitrogens is 1. The Morgan fingerprint density at radius 3 is 2.44 bits per heavy atom. The predicted molar refractivity (Wildman–Crippen MR) is 75.5 cm³/mol. The third kappa shape index (κ3) is 1.93. The highest BCUT2D eigenvalue weighted by Crippen LogP contribution is 2.28. The molecule has 1 aromatic heterocycles. The number of benzene rings is 1. The van der Waals surface area contributed by atoms with Crippen LogP contribution in [0.4, 0.5) is 0 Å². The van der Waals surface area contributed by atoms with E-state index in [4.69, 9.17) is 0 Å². The smallest absolute Gasteiger partial charge is 0.0732 e. The number of aliphatic imine (C=N–C) groups is 1. The maximum absolute atomic E-state index is 4.59. The lowest BCUT2D eigenvalue weighted by atomic mass is 10.0. The van der Waals surface area contributed by atoms with Crippen LogP contribution in [-0.4, -0.2) is 10.7 Å². The van der Waals surface area contributed by atoms with Gasteiger partial charge in [0.1, 0.15) is 0 Å². The van der Waals surface area contributed by atoms with Crippen molar-refractivity contribution in [2.75, 3.05) is 0 Å². The molecule has 1 N–H and O–H groups in total. The third-order valence-electron chi connectivity index (χ3n) is 2.97. The van der Waals surface area contributed by atoms with Gasteiger partial charge in [0.05, 0.1) is 5.70 Å². The number of aromatic nitrogens is 1. The molecule has 0 saturated heterocycles. The fourth-order valence-electron chi connectivity index (χ4n) is 2.14. The van der Waals surface area contributed by atoms with Crippen molar-refractivity contribution in [1.29, 1.82) is 0 Å². The summed E-state index contributed by atoms with van der Waals surface area (Å²) < 4.78 is 0. The van der Waals surface area contributed by atoms with Crippen LogP contribution < -0.4 is 0 Å². The molecular formula is C16H14N2. The summed E-state index contributed by atoms with van der Waals surface area (Å²) in [5.41, 5.74) is 5.48. The van der Waals surface area contributed by atoms with Gasteiger partial charge in [0, 0.05) is 23.2 Å². The van der Waals surface area contributed by atoms with Gasteiger partial charge in [-0.05, 0) is 36.8 Å². The summed E-state index contributed by atoms with van der Waals surface area (Å²) in [4.78, 5) is 7.85. The molecule has 0 fully saturated rings. The first-order valence-electron chi connectivity index (χ1n) is 6.01. The second-order valence-corrected chi connectivity index (χ2v) is 4.30. The van der Waals surface area contributed by atoms with Crippen molar-refractivity contribution in [2.24, 2.45) is 4.99 Å². The van der Waals surface area contributed by atoms with Crippen molar-refractivity contribution in [3.63, 3.8) is 0 Å². The lowest BCUT2D eigenvalue weighted by Crippen LogP contribution is -1.91. The third-order valence-corrected chi connectivity index (χ3v) is 2.97. The van der Waals surface area contributed by atoms with Gasteiger partial charge in [-0.2, -0.15) is 0 Å². The second kappa shape index (κ2) is 4.49. The molecule has 2 heteroatoms. The van der Waals surface area contributed by atoms with E-state index in [1.165, 1.54) is 5.56 Å². The maximum atomic E-state index is 4.59. The zero-order valence-corrected chi connectivity index (χ0v) is 10.2. The molecule has 3 rings (SSSR count). The van der Waals surface area contributed by atoms with Gasteiger partial charge in [-0.1, -0.05) is 30.3 Å². The topological polar surface area (TPSA) is 28.1 Å². The lowest BCUT2D eigenvalue weighted by molar-refractivity contribution is 1.31. The van der Waals surface area contributed by atoms with Gasteiger partial charge >= 0.3 is 0 Å². The Labute approximate surface area is 106 Å². The molecule has 2 nitrogen and oxygen atoms in total. The van der Waals surface area contributed by atoms with E-state index in [1.807, 2.05) is 43.5 Å². The molecule has 0 bridgehead atoms. The summed E-state index contributed by atoms with van der Waals surface area (Å²) in [5.74, 6) is 0. The summed E-state index contributed by atoms with van der Waals surface area (Å²) in [6.45, 7) is 2.01. The van der Waals surface area contributed by atoms with Crippen molar-refractivity contribution in [3.8, 4) is 0 Å². The number of rotatable bonds is 2. The SMILES string of the molecule is CC1=NC(=C(c2ccccc2)c2ccc[nH]2)C=C1. The average Bonchev–Trinajstić information content (AvgIpc) is 3.04. The zero-order valence-electron chi connectivity index (χ0n) is 10.2. The van der Waals surface area contributed by atoms with Gasteiger partial charge in [0.15, 0.2) is 0 Å². The normalized spacial score (nSPS) is 16.8. The number of aromatic amines is 1. The van der Waals surface area contributed by atoms with Crippen LogP contribution in [0.25, 0.3) is 5.57 Å². The minimum atomic E-state index is 1.01. The van der Waals surface area contributed by atoms with Gasteiger partial charge in [0.25, 0.3) is 0 Å². The fourth-order valence-corrected chi connectivity index (χ4v) is 2.14. The molecule has 1 aliphatic heterocycles. The molecule has 0 radical (unpaired) electrons. The first kappa shape index (κ1) is 10.8. The van der Waals surface area contributed by atoms with E-state index in [2.05, 4.69) is 34.3 Å². The van der Waals surface area contributed by atoms with E-state index in [1.54, 1.807) is 0 Å². The molecule has 88 valence electrons. The van der Waals surface area contributed by atoms with Gasteiger partial charge in [-0.15, -0.1) is 0 Å². The van der Waals surface area contributed by atoms with Crippen LogP contribution in [0.1, 0.15) is 18.2 Å². The first-order chi connectivity index (χ1) is 8.84. The number of nitrogens with zero attached hydrogens (tertiary/aromatic N) is 1. The van der Waals surface area contributed by atoms with Gasteiger partial charge in [-0.3, -0.25) is 4.99 Å². The van der Waals surface area contributed by atoms with Crippen LogP contribution in [0.5, 0.6) is 0 Å². The van der Waals surface area contributed by atoms with Gasteiger partial charge < -0.3 is 4.98 Å². The average molecular weight is 234 g/mol. The summed E-state index contributed by atoms with van der Waals surface area (Å²) in [7, 11) is 0. The number of allylic oxidation sites excluding steroid dienone is 2. The maximum Gasteiger partial charge on any atom is 0.0732 e. The van der Waals surface area contributed by atoms with Crippen LogP contribution in [0.15, 0.2) is 71.5 Å². The van der Waals surface area contributed by atoms with E-state index in [9.17, 15) is 0 Å². The van der Waals surface area contributed by atoms with Crippen LogP contribution >= 0.6 is 0 Å². The predicted octanol–water partition coefficient (Wildman–Crippen LogP) is 3.80. The Morgan fingerprint density at radius 1 is 1.00 bits per heavy atom. The second-order valence-electron chi connectivity index (χ2n) is 4.30. The summed E-state index contributed by atoms with van der Waals surface area (Å²) in [6.07, 6.45) is 6.05. The Morgan fingerprint density at radius 2 is 1.83 bits per heavy atom. The van der Waals surface area contributed by atoms with E-state index in [0.717, 1.165) is 22.7 Å². The molecule has 0 amide bonds. The molecule has 0 atom stereocenters. The Bertz CT molecular complexity index is 629. The highest BCUT2D eigenvalue weighted by molar-refractivity contribution is 5.99. The molecule has 18 heavy (non-hydrogen) atoms. The van der Waals surface area contributed by atoms with Crippen molar-refractivity contribution in [3.05, 3.63) is 77.8 Å². The lowest BCUT2D eigenvalue weighted by Gasteiger charge is -2.08. The van der Waals surface area contributed by atoms with E-state index < -0.39 is 0 Å². The largest absolute Gasteiger partial charge is 0.361 e. The van der Waals surface area contributed by atoms with Crippen LogP contribution in [-0.2, 0) is 0 Å². The molecule has 1 aliphatic rings.